The third-order valence-corrected chi connectivity index (χ3v) is 6.17. The van der Waals surface area contributed by atoms with Crippen LogP contribution < -0.4 is 5.32 Å². The number of hydrogen-bond acceptors (Lipinski definition) is 2. The molecule has 0 fully saturated rings. The second-order valence-electron chi connectivity index (χ2n) is 6.97. The van der Waals surface area contributed by atoms with Crippen LogP contribution in [0.4, 0.5) is 0 Å². The number of benzene rings is 2. The summed E-state index contributed by atoms with van der Waals surface area (Å²) in [6.07, 6.45) is 1.81. The Bertz CT molecular complexity index is 884. The van der Waals surface area contributed by atoms with Crippen molar-refractivity contribution in [3.63, 3.8) is 0 Å². The van der Waals surface area contributed by atoms with Crippen LogP contribution in [0.2, 0.25) is 20.1 Å². The molecule has 0 aromatic heterocycles. The van der Waals surface area contributed by atoms with Gasteiger partial charge >= 0.3 is 0 Å². The van der Waals surface area contributed by atoms with Crippen LogP contribution in [0, 0.1) is 0 Å². The predicted octanol–water partition coefficient (Wildman–Crippen LogP) is 6.18. The highest BCUT2D eigenvalue weighted by Crippen LogP contribution is 2.27. The van der Waals surface area contributed by atoms with Gasteiger partial charge in [0.25, 0.3) is 0 Å². The van der Waals surface area contributed by atoms with Crippen LogP contribution >= 0.6 is 46.4 Å². The molecule has 1 N–H and O–H groups in total. The first-order valence-corrected chi connectivity index (χ1v) is 11.2. The molecular formula is C22H24Cl4N2O2. The maximum Gasteiger partial charge on any atom is 0.242 e. The predicted molar refractivity (Wildman–Crippen MR) is 125 cm³/mol. The van der Waals surface area contributed by atoms with E-state index < -0.39 is 6.04 Å². The first kappa shape index (κ1) is 24.8. The lowest BCUT2D eigenvalue weighted by Crippen LogP contribution is -2.48. The van der Waals surface area contributed by atoms with Gasteiger partial charge in [-0.2, -0.15) is 0 Å². The first-order valence-electron chi connectivity index (χ1n) is 9.68. The summed E-state index contributed by atoms with van der Waals surface area (Å²) in [6.45, 7) is 4.50. The van der Waals surface area contributed by atoms with Gasteiger partial charge in [0.1, 0.15) is 6.04 Å². The third-order valence-electron chi connectivity index (χ3n) is 4.72. The molecule has 0 radical (unpaired) electrons. The van der Waals surface area contributed by atoms with Gasteiger partial charge in [-0.1, -0.05) is 71.9 Å². The average molecular weight is 490 g/mol. The van der Waals surface area contributed by atoms with Crippen molar-refractivity contribution in [3.8, 4) is 0 Å². The largest absolute Gasteiger partial charge is 0.354 e. The Hall–Kier alpha value is -1.46. The van der Waals surface area contributed by atoms with Crippen LogP contribution in [0.5, 0.6) is 0 Å². The lowest BCUT2D eigenvalue weighted by Gasteiger charge is -2.29. The highest BCUT2D eigenvalue weighted by atomic mass is 35.5. The number of carbonyl (C=O) groups is 2. The Morgan fingerprint density at radius 3 is 2.27 bits per heavy atom. The monoisotopic (exact) mass is 488 g/mol. The summed E-state index contributed by atoms with van der Waals surface area (Å²) < 4.78 is 0. The highest BCUT2D eigenvalue weighted by Gasteiger charge is 2.27. The number of rotatable bonds is 9. The Kier molecular flexibility index (Phi) is 9.76. The SMILES string of the molecule is CCCCNC(=O)[C@@H](C)N(Cc1ccc(Cl)c(Cl)c1)C(=O)Cc1c(Cl)cccc1Cl. The van der Waals surface area contributed by atoms with Crippen LogP contribution in [0.1, 0.15) is 37.8 Å². The number of hydrogen-bond donors (Lipinski definition) is 1. The molecule has 8 heteroatoms. The molecule has 2 aromatic rings. The summed E-state index contributed by atoms with van der Waals surface area (Å²) in [6, 6.07) is 9.52. The zero-order valence-corrected chi connectivity index (χ0v) is 19.9. The van der Waals surface area contributed by atoms with Crippen LogP contribution in [-0.4, -0.2) is 29.3 Å². The molecule has 4 nitrogen and oxygen atoms in total. The van der Waals surface area contributed by atoms with Gasteiger partial charge in [-0.25, -0.2) is 0 Å². The Morgan fingerprint density at radius 2 is 1.67 bits per heavy atom. The van der Waals surface area contributed by atoms with E-state index in [2.05, 4.69) is 5.32 Å². The molecule has 0 saturated heterocycles. The van der Waals surface area contributed by atoms with E-state index in [1.165, 1.54) is 4.90 Å². The summed E-state index contributed by atoms with van der Waals surface area (Å²) in [5, 5.41) is 4.50. The molecule has 0 aliphatic carbocycles. The fourth-order valence-electron chi connectivity index (χ4n) is 2.91. The van der Waals surface area contributed by atoms with E-state index in [-0.39, 0.29) is 24.8 Å². The summed E-state index contributed by atoms with van der Waals surface area (Å²) in [5.41, 5.74) is 1.29. The maximum absolute atomic E-state index is 13.2. The van der Waals surface area contributed by atoms with Gasteiger partial charge in [-0.05, 0) is 48.7 Å². The fourth-order valence-corrected chi connectivity index (χ4v) is 3.76. The van der Waals surface area contributed by atoms with Gasteiger partial charge in [0.2, 0.25) is 11.8 Å². The third kappa shape index (κ3) is 6.78. The minimum atomic E-state index is -0.690. The molecule has 2 amide bonds. The standard InChI is InChI=1S/C22H24Cl4N2O2/c1-3-4-10-27-22(30)14(2)28(13-15-8-9-19(25)20(26)11-15)21(29)12-16-17(23)6-5-7-18(16)24/h5-9,11,14H,3-4,10,12-13H2,1-2H3,(H,27,30)/t14-/m1/s1. The molecule has 0 bridgehead atoms. The fraction of sp³-hybridized carbons (Fsp3) is 0.364. The Labute approximate surface area is 197 Å². The molecule has 0 spiro atoms. The summed E-state index contributed by atoms with van der Waals surface area (Å²) in [4.78, 5) is 27.4. The van der Waals surface area contributed by atoms with E-state index in [1.54, 1.807) is 43.3 Å². The summed E-state index contributed by atoms with van der Waals surface area (Å²) in [5.74, 6) is -0.490. The molecule has 1 atom stereocenters. The molecular weight excluding hydrogens is 466 g/mol. The van der Waals surface area contributed by atoms with Crippen LogP contribution in [0.15, 0.2) is 36.4 Å². The van der Waals surface area contributed by atoms with Crippen molar-refractivity contribution < 1.29 is 9.59 Å². The molecule has 0 aliphatic rings. The molecule has 2 rings (SSSR count). The maximum atomic E-state index is 13.2. The molecule has 0 unspecified atom stereocenters. The Balaban J connectivity index is 2.27. The van der Waals surface area contributed by atoms with Crippen molar-refractivity contribution >= 4 is 58.2 Å². The smallest absolute Gasteiger partial charge is 0.242 e. The van der Waals surface area contributed by atoms with Gasteiger partial charge < -0.3 is 10.2 Å². The van der Waals surface area contributed by atoms with Crippen LogP contribution in [-0.2, 0) is 22.6 Å². The van der Waals surface area contributed by atoms with Gasteiger partial charge in [0, 0.05) is 23.1 Å². The second-order valence-corrected chi connectivity index (χ2v) is 8.60. The van der Waals surface area contributed by atoms with Gasteiger partial charge in [-0.15, -0.1) is 0 Å². The topological polar surface area (TPSA) is 49.4 Å². The minimum Gasteiger partial charge on any atom is -0.354 e. The lowest BCUT2D eigenvalue weighted by molar-refractivity contribution is -0.140. The number of nitrogens with zero attached hydrogens (tertiary/aromatic N) is 1. The van der Waals surface area contributed by atoms with Crippen molar-refractivity contribution in [2.24, 2.45) is 0 Å². The van der Waals surface area contributed by atoms with Gasteiger partial charge in [0.15, 0.2) is 0 Å². The van der Waals surface area contributed by atoms with Crippen molar-refractivity contribution in [1.82, 2.24) is 10.2 Å². The summed E-state index contributed by atoms with van der Waals surface area (Å²) in [7, 11) is 0. The van der Waals surface area contributed by atoms with Crippen LogP contribution in [0.3, 0.4) is 0 Å². The number of amides is 2. The highest BCUT2D eigenvalue weighted by molar-refractivity contribution is 6.42. The average Bonchev–Trinajstić information content (AvgIpc) is 2.71. The number of nitrogens with one attached hydrogen (secondary N) is 1. The van der Waals surface area contributed by atoms with Gasteiger partial charge in [-0.3, -0.25) is 9.59 Å². The normalized spacial score (nSPS) is 11.8. The quantitative estimate of drug-likeness (QED) is 0.427. The number of carbonyl (C=O) groups excluding carboxylic acids is 2. The van der Waals surface area contributed by atoms with Gasteiger partial charge in [0.05, 0.1) is 16.5 Å². The molecule has 2 aromatic carbocycles. The minimum absolute atomic E-state index is 0.0214. The van der Waals surface area contributed by atoms with Crippen molar-refractivity contribution in [2.45, 2.75) is 45.7 Å². The van der Waals surface area contributed by atoms with Crippen molar-refractivity contribution in [2.75, 3.05) is 6.54 Å². The zero-order chi connectivity index (χ0) is 22.3. The van der Waals surface area contributed by atoms with E-state index in [4.69, 9.17) is 46.4 Å². The summed E-state index contributed by atoms with van der Waals surface area (Å²) >= 11 is 24.6. The number of unbranched alkanes of at least 4 members (excludes halogenated alkanes) is 1. The van der Waals surface area contributed by atoms with Crippen molar-refractivity contribution in [1.29, 1.82) is 0 Å². The van der Waals surface area contributed by atoms with Crippen LogP contribution in [0.25, 0.3) is 0 Å². The lowest BCUT2D eigenvalue weighted by atomic mass is 10.1. The number of halogens is 4. The second kappa shape index (κ2) is 11.8. The first-order chi connectivity index (χ1) is 14.2. The zero-order valence-electron chi connectivity index (χ0n) is 16.9. The van der Waals surface area contributed by atoms with E-state index in [0.717, 1.165) is 18.4 Å². The molecule has 0 heterocycles. The molecule has 0 saturated carbocycles. The van der Waals surface area contributed by atoms with E-state index in [9.17, 15) is 9.59 Å². The van der Waals surface area contributed by atoms with Crippen molar-refractivity contribution in [3.05, 3.63) is 67.6 Å². The molecule has 0 aliphatic heterocycles. The van der Waals surface area contributed by atoms with E-state index in [1.807, 2.05) is 6.92 Å². The van der Waals surface area contributed by atoms with E-state index >= 15 is 0 Å². The van der Waals surface area contributed by atoms with E-state index in [0.29, 0.717) is 32.2 Å². The molecule has 30 heavy (non-hydrogen) atoms. The molecule has 162 valence electrons. The Morgan fingerprint density at radius 1 is 1.00 bits per heavy atom.